The maximum Gasteiger partial charge on any atom is 0.227 e. The Morgan fingerprint density at radius 1 is 1.14 bits per heavy atom. The van der Waals surface area contributed by atoms with E-state index in [4.69, 9.17) is 27.9 Å². The van der Waals surface area contributed by atoms with Crippen LogP contribution >= 0.6 is 23.2 Å². The van der Waals surface area contributed by atoms with Gasteiger partial charge in [-0.05, 0) is 49.1 Å². The molecule has 2 aromatic carbocycles. The van der Waals surface area contributed by atoms with Crippen LogP contribution in [0.4, 0.5) is 5.69 Å². The van der Waals surface area contributed by atoms with E-state index in [0.717, 1.165) is 12.2 Å². The van der Waals surface area contributed by atoms with Crippen LogP contribution in [0.3, 0.4) is 0 Å². The Balaban J connectivity index is 1.80. The average Bonchev–Trinajstić information content (AvgIpc) is 2.70. The molecule has 6 heteroatoms. The van der Waals surface area contributed by atoms with Crippen LogP contribution < -0.4 is 10.1 Å². The first-order valence-corrected chi connectivity index (χ1v) is 10.9. The minimum atomic E-state index is -0.289. The Morgan fingerprint density at radius 2 is 1.90 bits per heavy atom. The van der Waals surface area contributed by atoms with Gasteiger partial charge in [-0.1, -0.05) is 67.9 Å². The number of rotatable bonds is 11. The van der Waals surface area contributed by atoms with Gasteiger partial charge in [0.15, 0.2) is 5.75 Å². The summed E-state index contributed by atoms with van der Waals surface area (Å²) in [5.41, 5.74) is 2.01. The average molecular weight is 438 g/mol. The van der Waals surface area contributed by atoms with Gasteiger partial charge in [0.2, 0.25) is 5.91 Å². The summed E-state index contributed by atoms with van der Waals surface area (Å²) in [5.74, 6) is 0.283. The fourth-order valence-corrected chi connectivity index (χ4v) is 3.45. The molecule has 0 saturated heterocycles. The van der Waals surface area contributed by atoms with E-state index >= 15 is 0 Å². The number of phenols is 1. The van der Waals surface area contributed by atoms with Crippen molar-refractivity contribution in [1.29, 1.82) is 0 Å². The van der Waals surface area contributed by atoms with Crippen molar-refractivity contribution < 1.29 is 14.6 Å². The molecule has 0 atom stereocenters. The number of phenolic OH excluding ortho intramolecular Hbond substituents is 1. The number of benzene rings is 2. The molecule has 29 heavy (non-hydrogen) atoms. The van der Waals surface area contributed by atoms with Crippen molar-refractivity contribution in [3.05, 3.63) is 51.5 Å². The summed E-state index contributed by atoms with van der Waals surface area (Å²) in [6, 6.07) is 9.49. The fourth-order valence-electron chi connectivity index (χ4n) is 3.00. The van der Waals surface area contributed by atoms with Crippen LogP contribution in [0.1, 0.15) is 56.6 Å². The second-order valence-corrected chi connectivity index (χ2v) is 7.94. The van der Waals surface area contributed by atoms with E-state index in [1.54, 1.807) is 6.92 Å². The molecule has 0 radical (unpaired) electrons. The van der Waals surface area contributed by atoms with Crippen LogP contribution in [-0.4, -0.2) is 17.6 Å². The Kier molecular flexibility index (Phi) is 9.62. The Bertz CT molecular complexity index is 824. The number of ether oxygens (including phenoxy) is 1. The maximum atomic E-state index is 12.2. The van der Waals surface area contributed by atoms with Gasteiger partial charge < -0.3 is 15.2 Å². The topological polar surface area (TPSA) is 58.6 Å². The number of aryl methyl sites for hydroxylation is 1. The quantitative estimate of drug-likeness (QED) is 0.296. The Hall–Kier alpha value is -1.91. The minimum absolute atomic E-state index is 0.135. The molecule has 0 bridgehead atoms. The molecule has 158 valence electrons. The fraction of sp³-hybridized carbons (Fsp3) is 0.435. The predicted octanol–water partition coefficient (Wildman–Crippen LogP) is 6.93. The van der Waals surface area contributed by atoms with Crippen molar-refractivity contribution in [2.45, 2.75) is 58.8 Å². The van der Waals surface area contributed by atoms with Crippen LogP contribution in [0.2, 0.25) is 10.0 Å². The van der Waals surface area contributed by atoms with E-state index in [0.29, 0.717) is 10.6 Å². The van der Waals surface area contributed by atoms with Crippen LogP contribution in [0.5, 0.6) is 11.5 Å². The van der Waals surface area contributed by atoms with E-state index in [2.05, 4.69) is 18.3 Å². The highest BCUT2D eigenvalue weighted by Gasteiger charge is 2.14. The number of anilines is 1. The zero-order chi connectivity index (χ0) is 21.2. The van der Waals surface area contributed by atoms with Crippen LogP contribution in [0.15, 0.2) is 30.3 Å². The second-order valence-electron chi connectivity index (χ2n) is 7.15. The third-order valence-electron chi connectivity index (χ3n) is 4.76. The van der Waals surface area contributed by atoms with Crippen molar-refractivity contribution in [2.75, 3.05) is 11.9 Å². The van der Waals surface area contributed by atoms with Gasteiger partial charge in [-0.25, -0.2) is 0 Å². The third-order valence-corrected chi connectivity index (χ3v) is 5.62. The molecule has 0 aliphatic rings. The molecule has 0 heterocycles. The van der Waals surface area contributed by atoms with E-state index in [1.165, 1.54) is 43.7 Å². The lowest BCUT2D eigenvalue weighted by Gasteiger charge is -2.12. The predicted molar refractivity (Wildman–Crippen MR) is 121 cm³/mol. The summed E-state index contributed by atoms with van der Waals surface area (Å²) >= 11 is 12.1. The third kappa shape index (κ3) is 7.45. The number of unbranched alkanes of at least 4 members (excludes halogenated alkanes) is 4. The van der Waals surface area contributed by atoms with E-state index in [9.17, 15) is 9.90 Å². The number of hydrogen-bond donors (Lipinski definition) is 2. The molecule has 0 spiro atoms. The SMILES string of the molecule is CCCCCCCc1cccc(OCCC(=O)Nc2cc(Cl)c(C)c(Cl)c2O)c1. The summed E-state index contributed by atoms with van der Waals surface area (Å²) in [7, 11) is 0. The van der Waals surface area contributed by atoms with E-state index in [-0.39, 0.29) is 35.4 Å². The van der Waals surface area contributed by atoms with Gasteiger partial charge in [0, 0.05) is 5.02 Å². The first-order valence-electron chi connectivity index (χ1n) is 10.1. The lowest BCUT2D eigenvalue weighted by Crippen LogP contribution is -2.15. The van der Waals surface area contributed by atoms with Gasteiger partial charge in [0.25, 0.3) is 0 Å². The van der Waals surface area contributed by atoms with Gasteiger partial charge in [0.05, 0.1) is 23.7 Å². The van der Waals surface area contributed by atoms with Gasteiger partial charge >= 0.3 is 0 Å². The summed E-state index contributed by atoms with van der Waals surface area (Å²) < 4.78 is 5.72. The largest absolute Gasteiger partial charge is 0.504 e. The highest BCUT2D eigenvalue weighted by molar-refractivity contribution is 6.37. The summed E-state index contributed by atoms with van der Waals surface area (Å²) in [6.45, 7) is 4.15. The summed E-state index contributed by atoms with van der Waals surface area (Å²) in [6.07, 6.45) is 7.44. The van der Waals surface area contributed by atoms with Gasteiger partial charge in [0.1, 0.15) is 5.75 Å². The summed E-state index contributed by atoms with van der Waals surface area (Å²) in [4.78, 5) is 12.2. The Labute approximate surface area is 183 Å². The zero-order valence-electron chi connectivity index (χ0n) is 17.1. The number of aromatic hydroxyl groups is 1. The van der Waals surface area contributed by atoms with E-state index in [1.807, 2.05) is 18.2 Å². The number of hydrogen-bond acceptors (Lipinski definition) is 3. The minimum Gasteiger partial charge on any atom is -0.504 e. The van der Waals surface area contributed by atoms with Crippen LogP contribution in [0, 0.1) is 6.92 Å². The van der Waals surface area contributed by atoms with Crippen molar-refractivity contribution in [1.82, 2.24) is 0 Å². The molecule has 2 aromatic rings. The molecule has 0 aliphatic carbocycles. The molecule has 2 N–H and O–H groups in total. The van der Waals surface area contributed by atoms with Gasteiger partial charge in [-0.2, -0.15) is 0 Å². The number of carbonyl (C=O) groups excluding carboxylic acids is 1. The first-order chi connectivity index (χ1) is 13.9. The van der Waals surface area contributed by atoms with Gasteiger partial charge in [-0.15, -0.1) is 0 Å². The lowest BCUT2D eigenvalue weighted by atomic mass is 10.1. The molecule has 4 nitrogen and oxygen atoms in total. The van der Waals surface area contributed by atoms with Crippen molar-refractivity contribution in [3.63, 3.8) is 0 Å². The molecule has 0 aliphatic heterocycles. The molecule has 0 fully saturated rings. The summed E-state index contributed by atoms with van der Waals surface area (Å²) in [5, 5.41) is 13.2. The highest BCUT2D eigenvalue weighted by atomic mass is 35.5. The second kappa shape index (κ2) is 11.9. The monoisotopic (exact) mass is 437 g/mol. The lowest BCUT2D eigenvalue weighted by molar-refractivity contribution is -0.116. The molecule has 0 unspecified atom stereocenters. The van der Waals surface area contributed by atoms with Crippen molar-refractivity contribution in [3.8, 4) is 11.5 Å². The number of halogens is 2. The normalized spacial score (nSPS) is 10.8. The molecule has 1 amide bonds. The van der Waals surface area contributed by atoms with Crippen LogP contribution in [-0.2, 0) is 11.2 Å². The van der Waals surface area contributed by atoms with Crippen molar-refractivity contribution >= 4 is 34.8 Å². The highest BCUT2D eigenvalue weighted by Crippen LogP contribution is 2.38. The molecule has 0 aromatic heterocycles. The number of amides is 1. The standard InChI is InChI=1S/C23H29Cl2NO3/c1-3-4-5-6-7-9-17-10-8-11-18(14-17)29-13-12-21(27)26-20-15-19(24)16(2)22(25)23(20)28/h8,10-11,14-15,28H,3-7,9,12-13H2,1-2H3,(H,26,27). The maximum absolute atomic E-state index is 12.2. The molecular weight excluding hydrogens is 409 g/mol. The van der Waals surface area contributed by atoms with Crippen molar-refractivity contribution in [2.24, 2.45) is 0 Å². The smallest absolute Gasteiger partial charge is 0.227 e. The zero-order valence-corrected chi connectivity index (χ0v) is 18.6. The molecule has 2 rings (SSSR count). The first kappa shape index (κ1) is 23.4. The number of nitrogens with one attached hydrogen (secondary N) is 1. The number of carbonyl (C=O) groups is 1. The van der Waals surface area contributed by atoms with Crippen LogP contribution in [0.25, 0.3) is 0 Å². The molecule has 0 saturated carbocycles. The van der Waals surface area contributed by atoms with Gasteiger partial charge in [-0.3, -0.25) is 4.79 Å². The van der Waals surface area contributed by atoms with E-state index < -0.39 is 0 Å². The molecular formula is C23H29Cl2NO3. The Morgan fingerprint density at radius 3 is 2.66 bits per heavy atom.